The first-order valence-electron chi connectivity index (χ1n) is 8.62. The van der Waals surface area contributed by atoms with Crippen molar-refractivity contribution in [3.05, 3.63) is 70.8 Å². The highest BCUT2D eigenvalue weighted by atomic mass is 35.5. The number of hydrogen-bond donors (Lipinski definition) is 3. The zero-order valence-corrected chi connectivity index (χ0v) is 17.4. The van der Waals surface area contributed by atoms with Crippen molar-refractivity contribution in [3.8, 4) is 0 Å². The van der Waals surface area contributed by atoms with Gasteiger partial charge in [-0.3, -0.25) is 14.9 Å². The molecular formula is C21H22ClN3O2S. The zero-order valence-electron chi connectivity index (χ0n) is 15.9. The van der Waals surface area contributed by atoms with Gasteiger partial charge in [-0.1, -0.05) is 41.9 Å². The SMILES string of the molecule is CC(C)(C)NC(=O)c1ccccc1NC(=S)NC(=O)/C=C/c1ccccc1Cl. The third kappa shape index (κ3) is 6.79. The summed E-state index contributed by atoms with van der Waals surface area (Å²) in [6.07, 6.45) is 2.94. The summed E-state index contributed by atoms with van der Waals surface area (Å²) in [5.41, 5.74) is 1.29. The normalized spacial score (nSPS) is 11.1. The summed E-state index contributed by atoms with van der Waals surface area (Å²) in [5.74, 6) is -0.641. The highest BCUT2D eigenvalue weighted by molar-refractivity contribution is 7.80. The molecule has 146 valence electrons. The number of hydrogen-bond acceptors (Lipinski definition) is 3. The first-order valence-corrected chi connectivity index (χ1v) is 9.40. The summed E-state index contributed by atoms with van der Waals surface area (Å²) in [7, 11) is 0. The molecule has 0 unspecified atom stereocenters. The molecule has 0 atom stereocenters. The molecule has 0 spiro atoms. The summed E-state index contributed by atoms with van der Waals surface area (Å²) in [6.45, 7) is 5.70. The first kappa shape index (κ1) is 21.6. The van der Waals surface area contributed by atoms with Crippen molar-refractivity contribution in [2.75, 3.05) is 5.32 Å². The van der Waals surface area contributed by atoms with Crippen LogP contribution in [0.1, 0.15) is 36.7 Å². The van der Waals surface area contributed by atoms with E-state index < -0.39 is 5.91 Å². The van der Waals surface area contributed by atoms with Crippen LogP contribution in [0.2, 0.25) is 5.02 Å². The molecule has 3 N–H and O–H groups in total. The van der Waals surface area contributed by atoms with E-state index in [9.17, 15) is 9.59 Å². The number of rotatable bonds is 4. The Morgan fingerprint density at radius 2 is 1.68 bits per heavy atom. The van der Waals surface area contributed by atoms with Crippen LogP contribution in [0.4, 0.5) is 5.69 Å². The second kappa shape index (κ2) is 9.48. The predicted octanol–water partition coefficient (Wildman–Crippen LogP) is 4.39. The number of thiocarbonyl (C=S) groups is 1. The van der Waals surface area contributed by atoms with Gasteiger partial charge in [0, 0.05) is 16.6 Å². The maximum absolute atomic E-state index is 12.5. The molecular weight excluding hydrogens is 394 g/mol. The number of anilines is 1. The van der Waals surface area contributed by atoms with Crippen LogP contribution >= 0.6 is 23.8 Å². The van der Waals surface area contributed by atoms with Crippen molar-refractivity contribution in [1.29, 1.82) is 0 Å². The van der Waals surface area contributed by atoms with Crippen LogP contribution < -0.4 is 16.0 Å². The number of nitrogens with one attached hydrogen (secondary N) is 3. The Bertz CT molecular complexity index is 920. The van der Waals surface area contributed by atoms with Crippen LogP contribution in [0.5, 0.6) is 0 Å². The monoisotopic (exact) mass is 415 g/mol. The Kier molecular flexibility index (Phi) is 7.31. The second-order valence-electron chi connectivity index (χ2n) is 7.05. The smallest absolute Gasteiger partial charge is 0.253 e. The van der Waals surface area contributed by atoms with E-state index >= 15 is 0 Å². The lowest BCUT2D eigenvalue weighted by molar-refractivity contribution is -0.115. The molecule has 7 heteroatoms. The van der Waals surface area contributed by atoms with Crippen molar-refractivity contribution < 1.29 is 9.59 Å². The number of carbonyl (C=O) groups is 2. The fourth-order valence-electron chi connectivity index (χ4n) is 2.28. The van der Waals surface area contributed by atoms with Gasteiger partial charge in [0.2, 0.25) is 5.91 Å². The molecule has 0 fully saturated rings. The van der Waals surface area contributed by atoms with Crippen LogP contribution in [0.15, 0.2) is 54.6 Å². The third-order valence-corrected chi connectivity index (χ3v) is 4.01. The van der Waals surface area contributed by atoms with E-state index in [2.05, 4.69) is 16.0 Å². The topological polar surface area (TPSA) is 70.2 Å². The van der Waals surface area contributed by atoms with Crippen molar-refractivity contribution >= 4 is 52.5 Å². The van der Waals surface area contributed by atoms with Crippen molar-refractivity contribution in [2.24, 2.45) is 0 Å². The lowest BCUT2D eigenvalue weighted by atomic mass is 10.1. The van der Waals surface area contributed by atoms with Gasteiger partial charge >= 0.3 is 0 Å². The van der Waals surface area contributed by atoms with E-state index in [4.69, 9.17) is 23.8 Å². The summed E-state index contributed by atoms with van der Waals surface area (Å²) >= 11 is 11.2. The zero-order chi connectivity index (χ0) is 20.7. The maximum atomic E-state index is 12.5. The molecule has 2 rings (SSSR count). The van der Waals surface area contributed by atoms with Crippen LogP contribution in [0.3, 0.4) is 0 Å². The van der Waals surface area contributed by atoms with Gasteiger partial charge in [-0.2, -0.15) is 0 Å². The number of para-hydroxylation sites is 1. The fraction of sp³-hybridized carbons (Fsp3) is 0.190. The van der Waals surface area contributed by atoms with Crippen LogP contribution in [-0.4, -0.2) is 22.5 Å². The van der Waals surface area contributed by atoms with E-state index in [-0.39, 0.29) is 16.6 Å². The van der Waals surface area contributed by atoms with E-state index in [1.165, 1.54) is 6.08 Å². The number of amides is 2. The van der Waals surface area contributed by atoms with Crippen LogP contribution in [0, 0.1) is 0 Å². The van der Waals surface area contributed by atoms with Gasteiger partial charge in [-0.05, 0) is 62.8 Å². The van der Waals surface area contributed by atoms with E-state index in [0.717, 1.165) is 5.56 Å². The predicted molar refractivity (Wildman–Crippen MR) is 119 cm³/mol. The van der Waals surface area contributed by atoms with Gasteiger partial charge < -0.3 is 10.6 Å². The largest absolute Gasteiger partial charge is 0.347 e. The van der Waals surface area contributed by atoms with Crippen LogP contribution in [0.25, 0.3) is 6.08 Å². The van der Waals surface area contributed by atoms with Gasteiger partial charge in [0.25, 0.3) is 5.91 Å². The van der Waals surface area contributed by atoms with Crippen molar-refractivity contribution in [2.45, 2.75) is 26.3 Å². The first-order chi connectivity index (χ1) is 13.2. The van der Waals surface area contributed by atoms with Gasteiger partial charge in [0.1, 0.15) is 0 Å². The quantitative estimate of drug-likeness (QED) is 0.511. The Morgan fingerprint density at radius 1 is 1.04 bits per heavy atom. The third-order valence-electron chi connectivity index (χ3n) is 3.46. The van der Waals surface area contributed by atoms with Crippen molar-refractivity contribution in [1.82, 2.24) is 10.6 Å². The molecule has 28 heavy (non-hydrogen) atoms. The fourth-order valence-corrected chi connectivity index (χ4v) is 2.69. The molecule has 0 radical (unpaired) electrons. The minimum atomic E-state index is -0.408. The molecule has 0 heterocycles. The van der Waals surface area contributed by atoms with Gasteiger partial charge in [-0.25, -0.2) is 0 Å². The Morgan fingerprint density at radius 3 is 2.36 bits per heavy atom. The molecule has 0 aliphatic carbocycles. The average molecular weight is 416 g/mol. The average Bonchev–Trinajstić information content (AvgIpc) is 2.60. The van der Waals surface area contributed by atoms with E-state index in [1.807, 2.05) is 32.9 Å². The van der Waals surface area contributed by atoms with Crippen molar-refractivity contribution in [3.63, 3.8) is 0 Å². The van der Waals surface area contributed by atoms with E-state index in [1.54, 1.807) is 42.5 Å². The number of benzene rings is 2. The minimum Gasteiger partial charge on any atom is -0.347 e. The van der Waals surface area contributed by atoms with Gasteiger partial charge in [0.15, 0.2) is 5.11 Å². The summed E-state index contributed by atoms with van der Waals surface area (Å²) in [4.78, 5) is 24.6. The second-order valence-corrected chi connectivity index (χ2v) is 7.86. The van der Waals surface area contributed by atoms with Gasteiger partial charge in [0.05, 0.1) is 11.3 Å². The molecule has 2 amide bonds. The summed E-state index contributed by atoms with van der Waals surface area (Å²) in [5, 5.41) is 8.98. The minimum absolute atomic E-state index is 0.0878. The Labute approximate surface area is 175 Å². The molecule has 0 aliphatic rings. The molecule has 0 bridgehead atoms. The highest BCUT2D eigenvalue weighted by Crippen LogP contribution is 2.17. The molecule has 0 aliphatic heterocycles. The molecule has 5 nitrogen and oxygen atoms in total. The summed E-state index contributed by atoms with van der Waals surface area (Å²) in [6, 6.07) is 14.1. The maximum Gasteiger partial charge on any atom is 0.253 e. The Hall–Kier alpha value is -2.70. The number of carbonyl (C=O) groups excluding carboxylic acids is 2. The standard InChI is InChI=1S/C21H22ClN3O2S/c1-21(2,3)25-19(27)15-9-5-7-11-17(15)23-20(28)24-18(26)13-12-14-8-4-6-10-16(14)22/h4-13H,1-3H3,(H,25,27)(H2,23,24,26,28)/b13-12+. The molecule has 2 aromatic carbocycles. The highest BCUT2D eigenvalue weighted by Gasteiger charge is 2.18. The lowest BCUT2D eigenvalue weighted by Crippen LogP contribution is -2.41. The van der Waals surface area contributed by atoms with E-state index in [0.29, 0.717) is 16.3 Å². The molecule has 2 aromatic rings. The lowest BCUT2D eigenvalue weighted by Gasteiger charge is -2.21. The molecule has 0 aromatic heterocycles. The summed E-state index contributed by atoms with van der Waals surface area (Å²) < 4.78 is 0. The molecule has 0 saturated heterocycles. The molecule has 0 saturated carbocycles. The number of halogens is 1. The Balaban J connectivity index is 2.02. The van der Waals surface area contributed by atoms with Crippen LogP contribution in [-0.2, 0) is 4.79 Å². The van der Waals surface area contributed by atoms with Gasteiger partial charge in [-0.15, -0.1) is 0 Å².